The molecule has 0 aliphatic heterocycles. The summed E-state index contributed by atoms with van der Waals surface area (Å²) >= 11 is 9.50. The van der Waals surface area contributed by atoms with Crippen molar-refractivity contribution < 1.29 is 9.18 Å². The molecule has 1 amide bonds. The van der Waals surface area contributed by atoms with Crippen LogP contribution in [-0.2, 0) is 0 Å². The molecule has 1 aromatic rings. The molecule has 0 heterocycles. The largest absolute Gasteiger partial charge is 0.352 e. The second kappa shape index (κ2) is 6.71. The van der Waals surface area contributed by atoms with E-state index in [0.717, 1.165) is 12.8 Å². The van der Waals surface area contributed by atoms with Crippen LogP contribution in [0.5, 0.6) is 0 Å². The number of hydrogen-bond acceptors (Lipinski definition) is 1. The number of benzene rings is 1. The van der Waals surface area contributed by atoms with E-state index in [2.05, 4.69) is 21.2 Å². The first-order valence-corrected chi connectivity index (χ1v) is 7.75. The SMILES string of the molecule is O=C(NCC1CCCCC1Br)c1c(F)cccc1Cl. The standard InChI is InChI=1S/C14H16BrClFNO/c15-10-5-2-1-4-9(10)8-18-14(19)13-11(16)6-3-7-12(13)17/h3,6-7,9-10H,1-2,4-5,8H2,(H,18,19). The maximum absolute atomic E-state index is 13.6. The van der Waals surface area contributed by atoms with Crippen molar-refractivity contribution in [2.24, 2.45) is 5.92 Å². The summed E-state index contributed by atoms with van der Waals surface area (Å²) in [7, 11) is 0. The Labute approximate surface area is 125 Å². The van der Waals surface area contributed by atoms with Crippen LogP contribution in [0.3, 0.4) is 0 Å². The Morgan fingerprint density at radius 1 is 1.42 bits per heavy atom. The first-order chi connectivity index (χ1) is 9.09. The number of alkyl halides is 1. The molecule has 0 aromatic heterocycles. The van der Waals surface area contributed by atoms with E-state index in [-0.39, 0.29) is 10.6 Å². The number of halogens is 3. The highest BCUT2D eigenvalue weighted by molar-refractivity contribution is 9.09. The van der Waals surface area contributed by atoms with Crippen LogP contribution < -0.4 is 5.32 Å². The zero-order chi connectivity index (χ0) is 13.8. The van der Waals surface area contributed by atoms with Crippen LogP contribution in [0.2, 0.25) is 5.02 Å². The predicted octanol–water partition coefficient (Wildman–Crippen LogP) is 4.16. The van der Waals surface area contributed by atoms with E-state index < -0.39 is 11.7 Å². The Hall–Kier alpha value is -0.610. The van der Waals surface area contributed by atoms with Gasteiger partial charge in [-0.15, -0.1) is 0 Å². The van der Waals surface area contributed by atoms with Crippen molar-refractivity contribution in [2.45, 2.75) is 30.5 Å². The van der Waals surface area contributed by atoms with Crippen LogP contribution in [0.1, 0.15) is 36.0 Å². The van der Waals surface area contributed by atoms with Crippen LogP contribution in [0.15, 0.2) is 18.2 Å². The summed E-state index contributed by atoms with van der Waals surface area (Å²) in [5, 5.41) is 2.94. The molecule has 0 radical (unpaired) electrons. The van der Waals surface area contributed by atoms with Crippen molar-refractivity contribution >= 4 is 33.4 Å². The molecule has 2 atom stereocenters. The quantitative estimate of drug-likeness (QED) is 0.816. The molecule has 1 saturated carbocycles. The molecule has 0 spiro atoms. The maximum atomic E-state index is 13.6. The lowest BCUT2D eigenvalue weighted by atomic mass is 9.89. The van der Waals surface area contributed by atoms with Gasteiger partial charge in [-0.05, 0) is 30.9 Å². The normalized spacial score (nSPS) is 23.1. The third-order valence-corrected chi connectivity index (χ3v) is 5.05. The van der Waals surface area contributed by atoms with E-state index in [9.17, 15) is 9.18 Å². The van der Waals surface area contributed by atoms with Gasteiger partial charge in [0.05, 0.1) is 10.6 Å². The molecule has 0 saturated heterocycles. The third kappa shape index (κ3) is 3.69. The van der Waals surface area contributed by atoms with Gasteiger partial charge in [0.1, 0.15) is 5.82 Å². The first kappa shape index (κ1) is 14.8. The minimum absolute atomic E-state index is 0.0638. The van der Waals surface area contributed by atoms with Crippen LogP contribution in [0, 0.1) is 11.7 Å². The van der Waals surface area contributed by atoms with Crippen molar-refractivity contribution in [1.82, 2.24) is 5.32 Å². The van der Waals surface area contributed by atoms with Gasteiger partial charge in [-0.3, -0.25) is 4.79 Å². The lowest BCUT2D eigenvalue weighted by molar-refractivity contribution is 0.0940. The zero-order valence-corrected chi connectivity index (χ0v) is 12.8. The van der Waals surface area contributed by atoms with Gasteiger partial charge in [0.25, 0.3) is 5.91 Å². The fraction of sp³-hybridized carbons (Fsp3) is 0.500. The average Bonchev–Trinajstić information content (AvgIpc) is 2.37. The fourth-order valence-electron chi connectivity index (χ4n) is 2.42. The van der Waals surface area contributed by atoms with Gasteiger partial charge in [0.2, 0.25) is 0 Å². The Bertz CT molecular complexity index is 449. The van der Waals surface area contributed by atoms with E-state index in [0.29, 0.717) is 17.3 Å². The number of carbonyl (C=O) groups excluding carboxylic acids is 1. The monoisotopic (exact) mass is 347 g/mol. The molecule has 19 heavy (non-hydrogen) atoms. The summed E-state index contributed by atoms with van der Waals surface area (Å²) in [6.07, 6.45) is 4.62. The van der Waals surface area contributed by atoms with E-state index in [1.807, 2.05) is 0 Å². The van der Waals surface area contributed by atoms with E-state index in [1.54, 1.807) is 0 Å². The Balaban J connectivity index is 1.97. The second-order valence-electron chi connectivity index (χ2n) is 4.87. The highest BCUT2D eigenvalue weighted by Crippen LogP contribution is 2.29. The van der Waals surface area contributed by atoms with Gasteiger partial charge in [-0.1, -0.05) is 46.4 Å². The summed E-state index contributed by atoms with van der Waals surface area (Å²) in [5.74, 6) is -0.611. The zero-order valence-electron chi connectivity index (χ0n) is 10.5. The predicted molar refractivity (Wildman–Crippen MR) is 78.4 cm³/mol. The molecule has 1 N–H and O–H groups in total. The Morgan fingerprint density at radius 3 is 2.84 bits per heavy atom. The van der Waals surface area contributed by atoms with Gasteiger partial charge in [0.15, 0.2) is 0 Å². The molecule has 2 rings (SSSR count). The second-order valence-corrected chi connectivity index (χ2v) is 6.45. The summed E-state index contributed by atoms with van der Waals surface area (Å²) in [5.41, 5.74) is -0.0638. The molecule has 2 nitrogen and oxygen atoms in total. The maximum Gasteiger partial charge on any atom is 0.255 e. The Kier molecular flexibility index (Phi) is 5.22. The molecular formula is C14H16BrClFNO. The van der Waals surface area contributed by atoms with Gasteiger partial charge in [-0.25, -0.2) is 4.39 Å². The Morgan fingerprint density at radius 2 is 2.16 bits per heavy atom. The first-order valence-electron chi connectivity index (χ1n) is 6.46. The number of amides is 1. The van der Waals surface area contributed by atoms with Crippen LogP contribution in [0.4, 0.5) is 4.39 Å². The summed E-state index contributed by atoms with van der Waals surface area (Å²) < 4.78 is 13.6. The molecule has 1 aliphatic carbocycles. The van der Waals surface area contributed by atoms with Crippen molar-refractivity contribution in [3.8, 4) is 0 Å². The molecule has 1 aliphatic rings. The van der Waals surface area contributed by atoms with Crippen LogP contribution in [-0.4, -0.2) is 17.3 Å². The third-order valence-electron chi connectivity index (χ3n) is 3.53. The highest BCUT2D eigenvalue weighted by Gasteiger charge is 2.24. The number of carbonyl (C=O) groups is 1. The van der Waals surface area contributed by atoms with Crippen molar-refractivity contribution in [3.63, 3.8) is 0 Å². The molecule has 1 aromatic carbocycles. The van der Waals surface area contributed by atoms with Crippen LogP contribution >= 0.6 is 27.5 Å². The molecule has 5 heteroatoms. The molecular weight excluding hydrogens is 333 g/mol. The minimum atomic E-state index is -0.580. The van der Waals surface area contributed by atoms with Gasteiger partial charge >= 0.3 is 0 Å². The lowest BCUT2D eigenvalue weighted by Gasteiger charge is -2.27. The average molecular weight is 349 g/mol. The number of nitrogens with one attached hydrogen (secondary N) is 1. The van der Waals surface area contributed by atoms with Crippen molar-refractivity contribution in [2.75, 3.05) is 6.54 Å². The minimum Gasteiger partial charge on any atom is -0.352 e. The lowest BCUT2D eigenvalue weighted by Crippen LogP contribution is -2.35. The molecule has 2 unspecified atom stereocenters. The summed E-state index contributed by atoms with van der Waals surface area (Å²) in [6.45, 7) is 0.555. The summed E-state index contributed by atoms with van der Waals surface area (Å²) in [6, 6.07) is 4.26. The van der Waals surface area contributed by atoms with Crippen molar-refractivity contribution in [3.05, 3.63) is 34.6 Å². The van der Waals surface area contributed by atoms with Gasteiger partial charge in [-0.2, -0.15) is 0 Å². The molecule has 0 bridgehead atoms. The number of rotatable bonds is 3. The summed E-state index contributed by atoms with van der Waals surface area (Å²) in [4.78, 5) is 12.4. The smallest absolute Gasteiger partial charge is 0.255 e. The van der Waals surface area contributed by atoms with Gasteiger partial charge < -0.3 is 5.32 Å². The van der Waals surface area contributed by atoms with Gasteiger partial charge in [0, 0.05) is 11.4 Å². The van der Waals surface area contributed by atoms with Crippen LogP contribution in [0.25, 0.3) is 0 Å². The topological polar surface area (TPSA) is 29.1 Å². The number of hydrogen-bond donors (Lipinski definition) is 1. The van der Waals surface area contributed by atoms with E-state index in [1.165, 1.54) is 31.0 Å². The molecule has 104 valence electrons. The fourth-order valence-corrected chi connectivity index (χ4v) is 3.44. The highest BCUT2D eigenvalue weighted by atomic mass is 79.9. The van der Waals surface area contributed by atoms with E-state index >= 15 is 0 Å². The van der Waals surface area contributed by atoms with Crippen molar-refractivity contribution in [1.29, 1.82) is 0 Å². The van der Waals surface area contributed by atoms with E-state index in [4.69, 9.17) is 11.6 Å². The molecule has 1 fully saturated rings.